The van der Waals surface area contributed by atoms with Crippen molar-refractivity contribution in [2.75, 3.05) is 39.3 Å². The number of benzene rings is 1. The van der Waals surface area contributed by atoms with Crippen LogP contribution in [0.25, 0.3) is 0 Å². The molecule has 21 heavy (non-hydrogen) atoms. The molecule has 0 amide bonds. The Balaban J connectivity index is 1.77. The Hall–Kier alpha value is -0.420. The van der Waals surface area contributed by atoms with Gasteiger partial charge in [-0.05, 0) is 35.1 Å². The van der Waals surface area contributed by atoms with Gasteiger partial charge < -0.3 is 5.11 Å². The number of fused-ring (bicyclic) bond motifs is 1. The second kappa shape index (κ2) is 5.99. The molecule has 0 spiro atoms. The van der Waals surface area contributed by atoms with E-state index in [1.165, 1.54) is 22.0 Å². The number of nitrogens with zero attached hydrogens (tertiary/aromatic N) is 2. The van der Waals surface area contributed by atoms with Crippen LogP contribution in [0.5, 0.6) is 0 Å². The first kappa shape index (κ1) is 15.5. The fourth-order valence-electron chi connectivity index (χ4n) is 3.87. The van der Waals surface area contributed by atoms with E-state index in [9.17, 15) is 0 Å². The van der Waals surface area contributed by atoms with Gasteiger partial charge in [0.25, 0.3) is 0 Å². The van der Waals surface area contributed by atoms with Crippen LogP contribution in [-0.2, 0) is 5.41 Å². The minimum absolute atomic E-state index is 0.256. The number of aliphatic hydroxyl groups is 1. The van der Waals surface area contributed by atoms with Crippen molar-refractivity contribution in [2.24, 2.45) is 0 Å². The topological polar surface area (TPSA) is 26.7 Å². The molecule has 116 valence electrons. The van der Waals surface area contributed by atoms with Gasteiger partial charge in [0, 0.05) is 43.2 Å². The summed E-state index contributed by atoms with van der Waals surface area (Å²) < 4.78 is 1.18. The smallest absolute Gasteiger partial charge is 0.0558 e. The molecule has 0 unspecified atom stereocenters. The molecule has 1 fully saturated rings. The Bertz CT molecular complexity index is 510. The summed E-state index contributed by atoms with van der Waals surface area (Å²) in [5.41, 5.74) is 3.27. The monoisotopic (exact) mass is 352 g/mol. The summed E-state index contributed by atoms with van der Waals surface area (Å²) in [5.74, 6) is 0. The molecule has 1 aliphatic heterocycles. The van der Waals surface area contributed by atoms with Crippen molar-refractivity contribution < 1.29 is 5.11 Å². The highest BCUT2D eigenvalue weighted by molar-refractivity contribution is 9.10. The molecule has 0 radical (unpaired) electrons. The zero-order chi connectivity index (χ0) is 15.0. The predicted molar refractivity (Wildman–Crippen MR) is 89.6 cm³/mol. The molecule has 3 rings (SSSR count). The van der Waals surface area contributed by atoms with Crippen LogP contribution in [0.2, 0.25) is 0 Å². The highest BCUT2D eigenvalue weighted by Gasteiger charge is 2.40. The number of β-amino-alcohol motifs (C(OH)–C–C–N with tert-alkyl or cyclic N) is 1. The van der Waals surface area contributed by atoms with Crippen molar-refractivity contribution in [2.45, 2.75) is 31.7 Å². The largest absolute Gasteiger partial charge is 0.395 e. The Morgan fingerprint density at radius 1 is 1.24 bits per heavy atom. The molecule has 1 aromatic carbocycles. The lowest BCUT2D eigenvalue weighted by Gasteiger charge is -2.38. The van der Waals surface area contributed by atoms with Crippen molar-refractivity contribution in [3.63, 3.8) is 0 Å². The predicted octanol–water partition coefficient (Wildman–Crippen LogP) is 2.78. The maximum atomic E-state index is 9.06. The molecule has 0 aromatic heterocycles. The zero-order valence-corrected chi connectivity index (χ0v) is 14.6. The normalized spacial score (nSPS) is 26.0. The molecular formula is C17H25BrN2O. The fraction of sp³-hybridized carbons (Fsp3) is 0.647. The van der Waals surface area contributed by atoms with Crippen LogP contribution < -0.4 is 0 Å². The number of piperazine rings is 1. The highest BCUT2D eigenvalue weighted by atomic mass is 79.9. The highest BCUT2D eigenvalue weighted by Crippen LogP contribution is 2.48. The van der Waals surface area contributed by atoms with Gasteiger partial charge in [0.1, 0.15) is 0 Å². The van der Waals surface area contributed by atoms with Crippen molar-refractivity contribution in [3.8, 4) is 0 Å². The molecule has 1 aliphatic carbocycles. The summed E-state index contributed by atoms with van der Waals surface area (Å²) in [6, 6.07) is 7.34. The standard InChI is InChI=1S/C17H25BrN2O/c1-17(2)12-16(14-4-3-13(18)11-15(14)17)20-7-5-19(6-8-20)9-10-21/h3-4,11,16,21H,5-10,12H2,1-2H3/t16-/m1/s1. The van der Waals surface area contributed by atoms with Crippen LogP contribution in [0.15, 0.2) is 22.7 Å². The zero-order valence-electron chi connectivity index (χ0n) is 13.0. The van der Waals surface area contributed by atoms with Gasteiger partial charge in [-0.25, -0.2) is 0 Å². The van der Waals surface area contributed by atoms with Crippen LogP contribution in [0, 0.1) is 0 Å². The molecule has 3 nitrogen and oxygen atoms in total. The molecule has 4 heteroatoms. The number of hydrogen-bond acceptors (Lipinski definition) is 3. The summed E-state index contributed by atoms with van der Waals surface area (Å²) >= 11 is 3.61. The molecule has 1 saturated heterocycles. The molecule has 1 heterocycles. The Morgan fingerprint density at radius 3 is 2.62 bits per heavy atom. The molecule has 2 aliphatic rings. The molecule has 1 aromatic rings. The van der Waals surface area contributed by atoms with Gasteiger partial charge in [-0.15, -0.1) is 0 Å². The molecule has 1 atom stereocenters. The SMILES string of the molecule is CC1(C)C[C@@H](N2CCN(CCO)CC2)c2ccc(Br)cc21. The Kier molecular flexibility index (Phi) is 4.42. The van der Waals surface area contributed by atoms with Crippen molar-refractivity contribution >= 4 is 15.9 Å². The summed E-state index contributed by atoms with van der Waals surface area (Å²) in [6.45, 7) is 10.2. The van der Waals surface area contributed by atoms with Gasteiger partial charge in [-0.1, -0.05) is 35.8 Å². The minimum Gasteiger partial charge on any atom is -0.395 e. The van der Waals surface area contributed by atoms with Gasteiger partial charge in [-0.3, -0.25) is 9.80 Å². The lowest BCUT2D eigenvalue weighted by molar-refractivity contribution is 0.0792. The first-order valence-corrected chi connectivity index (χ1v) is 8.68. The van der Waals surface area contributed by atoms with E-state index in [2.05, 4.69) is 57.8 Å². The van der Waals surface area contributed by atoms with Crippen LogP contribution in [-0.4, -0.2) is 54.2 Å². The maximum Gasteiger partial charge on any atom is 0.0558 e. The van der Waals surface area contributed by atoms with Gasteiger partial charge in [0.15, 0.2) is 0 Å². The van der Waals surface area contributed by atoms with Crippen LogP contribution >= 0.6 is 15.9 Å². The van der Waals surface area contributed by atoms with Crippen molar-refractivity contribution in [1.29, 1.82) is 0 Å². The third-order valence-electron chi connectivity index (χ3n) is 5.07. The average Bonchev–Trinajstić information content (AvgIpc) is 2.72. The van der Waals surface area contributed by atoms with Gasteiger partial charge in [0.05, 0.1) is 6.61 Å². The van der Waals surface area contributed by atoms with E-state index in [-0.39, 0.29) is 12.0 Å². The summed E-state index contributed by atoms with van der Waals surface area (Å²) in [5, 5.41) is 9.06. The van der Waals surface area contributed by atoms with Crippen molar-refractivity contribution in [1.82, 2.24) is 9.80 Å². The van der Waals surface area contributed by atoms with E-state index in [0.717, 1.165) is 32.7 Å². The summed E-state index contributed by atoms with van der Waals surface area (Å²) in [4.78, 5) is 4.99. The number of halogens is 1. The minimum atomic E-state index is 0.256. The van der Waals surface area contributed by atoms with Crippen LogP contribution in [0.3, 0.4) is 0 Å². The molecule has 0 saturated carbocycles. The van der Waals surface area contributed by atoms with E-state index < -0.39 is 0 Å². The van der Waals surface area contributed by atoms with E-state index in [4.69, 9.17) is 5.11 Å². The van der Waals surface area contributed by atoms with Crippen LogP contribution in [0.1, 0.15) is 37.4 Å². The number of rotatable bonds is 3. The molecule has 0 bridgehead atoms. The molecular weight excluding hydrogens is 328 g/mol. The van der Waals surface area contributed by atoms with Gasteiger partial charge in [0.2, 0.25) is 0 Å². The first-order valence-electron chi connectivity index (χ1n) is 7.88. The number of aliphatic hydroxyl groups excluding tert-OH is 1. The van der Waals surface area contributed by atoms with E-state index in [0.29, 0.717) is 6.04 Å². The quantitative estimate of drug-likeness (QED) is 0.905. The van der Waals surface area contributed by atoms with Crippen molar-refractivity contribution in [3.05, 3.63) is 33.8 Å². The average molecular weight is 353 g/mol. The second-order valence-corrected chi connectivity index (χ2v) is 7.85. The van der Waals surface area contributed by atoms with Crippen LogP contribution in [0.4, 0.5) is 0 Å². The fourth-order valence-corrected chi connectivity index (χ4v) is 4.24. The Morgan fingerprint density at radius 2 is 1.95 bits per heavy atom. The lowest BCUT2D eigenvalue weighted by atomic mass is 9.86. The third-order valence-corrected chi connectivity index (χ3v) is 5.56. The Labute approximate surface area is 136 Å². The molecule has 1 N–H and O–H groups in total. The lowest BCUT2D eigenvalue weighted by Crippen LogP contribution is -2.48. The van der Waals surface area contributed by atoms with E-state index in [1.54, 1.807) is 0 Å². The van der Waals surface area contributed by atoms with Gasteiger partial charge in [-0.2, -0.15) is 0 Å². The van der Waals surface area contributed by atoms with E-state index in [1.807, 2.05) is 0 Å². The maximum absolute atomic E-state index is 9.06. The third kappa shape index (κ3) is 3.04. The number of hydrogen-bond donors (Lipinski definition) is 1. The first-order chi connectivity index (χ1) is 10.0. The summed E-state index contributed by atoms with van der Waals surface area (Å²) in [7, 11) is 0. The second-order valence-electron chi connectivity index (χ2n) is 6.94. The van der Waals surface area contributed by atoms with Gasteiger partial charge >= 0.3 is 0 Å². The summed E-state index contributed by atoms with van der Waals surface area (Å²) in [6.07, 6.45) is 1.21. The van der Waals surface area contributed by atoms with E-state index >= 15 is 0 Å².